The van der Waals surface area contributed by atoms with E-state index in [-0.39, 0.29) is 24.8 Å². The van der Waals surface area contributed by atoms with Gasteiger partial charge in [0.25, 0.3) is 5.91 Å². The minimum atomic E-state index is -1.41. The van der Waals surface area contributed by atoms with Crippen LogP contribution in [0.2, 0.25) is 0 Å². The van der Waals surface area contributed by atoms with Gasteiger partial charge in [-0.15, -0.1) is 6.58 Å². The van der Waals surface area contributed by atoms with E-state index in [0.717, 1.165) is 19.3 Å². The van der Waals surface area contributed by atoms with Gasteiger partial charge < -0.3 is 14.6 Å². The highest BCUT2D eigenvalue weighted by Crippen LogP contribution is 2.45. The Morgan fingerprint density at radius 1 is 1.10 bits per heavy atom. The van der Waals surface area contributed by atoms with Crippen LogP contribution in [0.4, 0.5) is 5.69 Å². The van der Waals surface area contributed by atoms with Crippen LogP contribution in [0.25, 0.3) is 10.4 Å². The number of unbranched alkanes of at least 4 members (excludes halogenated alkanes) is 1. The van der Waals surface area contributed by atoms with Gasteiger partial charge in [0, 0.05) is 47.7 Å². The maximum absolute atomic E-state index is 13.9. The number of carbonyl (C=O) groups excluding carboxylic acids is 1. The van der Waals surface area contributed by atoms with Gasteiger partial charge in [0.15, 0.2) is 11.6 Å². The number of azide groups is 1. The minimum absolute atomic E-state index is 0.0530. The molecule has 0 unspecified atom stereocenters. The lowest BCUT2D eigenvalue weighted by Crippen LogP contribution is -2.52. The first-order valence-electron chi connectivity index (χ1n) is 14.0. The van der Waals surface area contributed by atoms with Gasteiger partial charge in [0.2, 0.25) is 5.90 Å². The normalized spacial score (nSPS) is 17.5. The number of rotatable bonds is 16. The highest BCUT2D eigenvalue weighted by molar-refractivity contribution is 6.01. The molecule has 0 spiro atoms. The Kier molecular flexibility index (Phi) is 11.1. The van der Waals surface area contributed by atoms with Crippen molar-refractivity contribution in [2.24, 2.45) is 10.1 Å². The largest absolute Gasteiger partial charge is 0.494 e. The van der Waals surface area contributed by atoms with Gasteiger partial charge >= 0.3 is 0 Å². The van der Waals surface area contributed by atoms with E-state index in [4.69, 9.17) is 19.6 Å². The number of ether oxygens (including phenoxy) is 2. The quantitative estimate of drug-likeness (QED) is 0.0495. The summed E-state index contributed by atoms with van der Waals surface area (Å²) in [6.45, 7) is 4.92. The van der Waals surface area contributed by atoms with Crippen LogP contribution in [0.15, 0.2) is 102 Å². The van der Waals surface area contributed by atoms with Crippen LogP contribution in [0.3, 0.4) is 0 Å². The second-order valence-corrected chi connectivity index (χ2v) is 9.85. The summed E-state index contributed by atoms with van der Waals surface area (Å²) in [4.78, 5) is 21.7. The molecule has 218 valence electrons. The molecule has 0 aromatic heterocycles. The van der Waals surface area contributed by atoms with Crippen molar-refractivity contribution in [2.45, 2.75) is 43.7 Å². The van der Waals surface area contributed by atoms with E-state index in [1.165, 1.54) is 5.56 Å². The van der Waals surface area contributed by atoms with Crippen molar-refractivity contribution in [3.63, 3.8) is 0 Å². The molecule has 0 fully saturated rings. The van der Waals surface area contributed by atoms with Gasteiger partial charge in [0.05, 0.1) is 6.61 Å². The first-order chi connectivity index (χ1) is 20.6. The topological polar surface area (TPSA) is 141 Å². The number of amides is 1. The summed E-state index contributed by atoms with van der Waals surface area (Å²) >= 11 is 0. The van der Waals surface area contributed by atoms with E-state index in [1.54, 1.807) is 54.6 Å². The number of hydrazine groups is 1. The number of aliphatic hydroxyl groups is 1. The van der Waals surface area contributed by atoms with Crippen molar-refractivity contribution in [3.8, 4) is 5.75 Å². The fourth-order valence-corrected chi connectivity index (χ4v) is 4.80. The van der Waals surface area contributed by atoms with E-state index in [0.29, 0.717) is 42.1 Å². The first kappa shape index (κ1) is 30.3. The summed E-state index contributed by atoms with van der Waals surface area (Å²) in [5.74, 6) is 0.533. The molecule has 3 aromatic carbocycles. The molecule has 3 aromatic rings. The third kappa shape index (κ3) is 7.55. The third-order valence-electron chi connectivity index (χ3n) is 6.92. The van der Waals surface area contributed by atoms with Gasteiger partial charge in [-0.2, -0.15) is 0 Å². The van der Waals surface area contributed by atoms with E-state index in [9.17, 15) is 10.3 Å². The van der Waals surface area contributed by atoms with E-state index >= 15 is 0 Å². The molecule has 0 bridgehead atoms. The number of hydrogen-bond donors (Lipinski definition) is 3. The number of hydrogen-bond acceptors (Lipinski definition) is 7. The Balaban J connectivity index is 1.55. The molecule has 3 N–H and O–H groups in total. The molecule has 1 aliphatic heterocycles. The number of aliphatic hydroxyl groups excluding tert-OH is 1. The van der Waals surface area contributed by atoms with Crippen LogP contribution < -0.4 is 15.6 Å². The Bertz CT molecular complexity index is 1410. The van der Waals surface area contributed by atoms with E-state index in [2.05, 4.69) is 39.6 Å². The SMILES string of the molecule is C=CC[C@]1(C(=O)NNCCCCc2ccccc2)N=C(c2ccc(OCCCO)cc2)O[C@H]1c1ccccc1N=[N+]=[N-]. The minimum Gasteiger partial charge on any atom is -0.494 e. The Labute approximate surface area is 245 Å². The predicted octanol–water partition coefficient (Wildman–Crippen LogP) is 5.87. The van der Waals surface area contributed by atoms with Crippen LogP contribution in [0, 0.1) is 0 Å². The number of carbonyl (C=O) groups is 1. The molecule has 1 heterocycles. The molecule has 4 rings (SSSR count). The molecule has 10 nitrogen and oxygen atoms in total. The summed E-state index contributed by atoms with van der Waals surface area (Å²) in [7, 11) is 0. The molecule has 0 radical (unpaired) electrons. The Hall–Kier alpha value is -4.63. The number of nitrogens with one attached hydrogen (secondary N) is 2. The lowest BCUT2D eigenvalue weighted by Gasteiger charge is -2.30. The van der Waals surface area contributed by atoms with Crippen LogP contribution >= 0.6 is 0 Å². The Morgan fingerprint density at radius 2 is 1.86 bits per heavy atom. The summed E-state index contributed by atoms with van der Waals surface area (Å²) in [5, 5.41) is 12.8. The highest BCUT2D eigenvalue weighted by atomic mass is 16.5. The van der Waals surface area contributed by atoms with Gasteiger partial charge in [-0.1, -0.05) is 65.8 Å². The second-order valence-electron chi connectivity index (χ2n) is 9.85. The number of aliphatic imine (C=N–C) groups is 1. The number of nitrogens with zero attached hydrogens (tertiary/aromatic N) is 4. The zero-order chi connectivity index (χ0) is 29.6. The van der Waals surface area contributed by atoms with Gasteiger partial charge in [0.1, 0.15) is 5.75 Å². The van der Waals surface area contributed by atoms with Crippen molar-refractivity contribution < 1.29 is 19.4 Å². The molecule has 0 saturated heterocycles. The lowest BCUT2D eigenvalue weighted by atomic mass is 9.84. The van der Waals surface area contributed by atoms with Gasteiger partial charge in [-0.05, 0) is 54.6 Å². The highest BCUT2D eigenvalue weighted by Gasteiger charge is 2.53. The van der Waals surface area contributed by atoms with Crippen LogP contribution in [-0.2, 0) is 16.0 Å². The van der Waals surface area contributed by atoms with Crippen LogP contribution in [-0.4, -0.2) is 42.2 Å². The maximum Gasteiger partial charge on any atom is 0.266 e. The smallest absolute Gasteiger partial charge is 0.266 e. The lowest BCUT2D eigenvalue weighted by molar-refractivity contribution is -0.129. The third-order valence-corrected chi connectivity index (χ3v) is 6.92. The maximum atomic E-state index is 13.9. The molecule has 0 saturated carbocycles. The zero-order valence-corrected chi connectivity index (χ0v) is 23.5. The molecular weight excluding hydrogens is 532 g/mol. The molecule has 1 amide bonds. The molecule has 10 heteroatoms. The second kappa shape index (κ2) is 15.4. The summed E-state index contributed by atoms with van der Waals surface area (Å²) in [5.41, 5.74) is 16.5. The van der Waals surface area contributed by atoms with Crippen molar-refractivity contribution in [1.82, 2.24) is 10.9 Å². The fourth-order valence-electron chi connectivity index (χ4n) is 4.80. The summed E-state index contributed by atoms with van der Waals surface area (Å²) in [6, 6.07) is 24.5. The molecule has 42 heavy (non-hydrogen) atoms. The van der Waals surface area contributed by atoms with Crippen molar-refractivity contribution in [3.05, 3.63) is 119 Å². The predicted molar refractivity (Wildman–Crippen MR) is 162 cm³/mol. The summed E-state index contributed by atoms with van der Waals surface area (Å²) in [6.07, 6.45) is 4.26. The van der Waals surface area contributed by atoms with Crippen LogP contribution in [0.1, 0.15) is 48.5 Å². The zero-order valence-electron chi connectivity index (χ0n) is 23.5. The van der Waals surface area contributed by atoms with Crippen molar-refractivity contribution in [1.29, 1.82) is 0 Å². The molecule has 1 aliphatic rings. The standard InChI is InChI=1S/C32H36N6O4/c1-2-20-32(31(40)37-34-21-9-8-13-24-11-4-3-5-12-24)29(27-14-6-7-15-28(27)36-38-33)42-30(35-32)25-16-18-26(19-17-25)41-23-10-22-39/h2-7,11-12,14-19,29,34,39H,1,8-10,13,20-23H2,(H,37,40)/t29-,32-/m0/s1. The van der Waals surface area contributed by atoms with Crippen LogP contribution in [0.5, 0.6) is 5.75 Å². The Morgan fingerprint density at radius 3 is 2.60 bits per heavy atom. The molecule has 2 atom stereocenters. The van der Waals surface area contributed by atoms with E-state index in [1.807, 2.05) is 18.2 Å². The molecule has 0 aliphatic carbocycles. The first-order valence-corrected chi connectivity index (χ1v) is 14.0. The van der Waals surface area contributed by atoms with Gasteiger partial charge in [-0.25, -0.2) is 10.4 Å². The van der Waals surface area contributed by atoms with Crippen molar-refractivity contribution >= 4 is 17.5 Å². The molecular formula is C32H36N6O4. The van der Waals surface area contributed by atoms with Crippen molar-refractivity contribution in [2.75, 3.05) is 19.8 Å². The summed E-state index contributed by atoms with van der Waals surface area (Å²) < 4.78 is 12.0. The fraction of sp³-hybridized carbons (Fsp3) is 0.312. The number of benzene rings is 3. The number of aryl methyl sites for hydroxylation is 1. The average Bonchev–Trinajstić information content (AvgIpc) is 3.41. The average molecular weight is 569 g/mol. The van der Waals surface area contributed by atoms with E-state index < -0.39 is 11.6 Å². The van der Waals surface area contributed by atoms with Gasteiger partial charge in [-0.3, -0.25) is 10.2 Å². The monoisotopic (exact) mass is 568 g/mol.